The molecule has 11 nitrogen and oxygen atoms in total. The number of para-hydroxylation sites is 1. The number of benzene rings is 1. The molecule has 0 spiro atoms. The largest absolute Gasteiger partial charge is 0.462 e. The molecule has 1 aromatic carbocycles. The number of hydrogen-bond donors (Lipinski definition) is 2. The summed E-state index contributed by atoms with van der Waals surface area (Å²) in [5, 5.41) is 23.4. The first-order valence-corrected chi connectivity index (χ1v) is 7.82. The second-order valence-corrected chi connectivity index (χ2v) is 5.22. The van der Waals surface area contributed by atoms with Crippen LogP contribution in [-0.2, 0) is 4.74 Å². The maximum atomic E-state index is 12.5. The Hall–Kier alpha value is -4.02. The van der Waals surface area contributed by atoms with Gasteiger partial charge in [-0.2, -0.15) is 10.2 Å². The topological polar surface area (TPSA) is 145 Å². The van der Waals surface area contributed by atoms with Gasteiger partial charge in [-0.15, -0.1) is 0 Å². The molecule has 0 fully saturated rings. The average molecular weight is 370 g/mol. The van der Waals surface area contributed by atoms with Crippen molar-refractivity contribution in [3.63, 3.8) is 0 Å². The van der Waals surface area contributed by atoms with Crippen molar-refractivity contribution in [2.45, 2.75) is 6.92 Å². The molecule has 1 amide bonds. The number of carbonyl (C=O) groups excluding carboxylic acids is 2. The minimum Gasteiger partial charge on any atom is -0.462 e. The first-order valence-electron chi connectivity index (χ1n) is 7.82. The summed E-state index contributed by atoms with van der Waals surface area (Å²) in [5.41, 5.74) is -0.259. The van der Waals surface area contributed by atoms with Gasteiger partial charge >= 0.3 is 11.7 Å². The van der Waals surface area contributed by atoms with E-state index >= 15 is 0 Å². The zero-order valence-corrected chi connectivity index (χ0v) is 14.1. The number of hydrogen-bond acceptors (Lipinski definition) is 7. The molecule has 2 aromatic heterocycles. The molecule has 0 saturated heterocycles. The average Bonchev–Trinajstić information content (AvgIpc) is 3.30. The number of H-pyrrole nitrogens is 1. The lowest BCUT2D eigenvalue weighted by molar-refractivity contribution is -0.385. The Labute approximate surface area is 152 Å². The number of anilines is 1. The van der Waals surface area contributed by atoms with Crippen molar-refractivity contribution in [3.8, 4) is 5.69 Å². The molecule has 0 aliphatic heterocycles. The summed E-state index contributed by atoms with van der Waals surface area (Å²) >= 11 is 0. The Bertz CT molecular complexity index is 994. The fourth-order valence-electron chi connectivity index (χ4n) is 2.35. The second kappa shape index (κ2) is 7.47. The zero-order valence-electron chi connectivity index (χ0n) is 14.1. The van der Waals surface area contributed by atoms with Crippen molar-refractivity contribution < 1.29 is 19.2 Å². The first kappa shape index (κ1) is 17.8. The van der Waals surface area contributed by atoms with E-state index in [4.69, 9.17) is 4.74 Å². The molecule has 11 heteroatoms. The number of amides is 1. The van der Waals surface area contributed by atoms with E-state index in [1.807, 2.05) is 0 Å². The molecular weight excluding hydrogens is 356 g/mol. The van der Waals surface area contributed by atoms with Crippen molar-refractivity contribution in [1.29, 1.82) is 0 Å². The SMILES string of the molecule is CCOC(=O)c1cnn(-c2ccccc2)c1NC(=O)c1[nH]ncc1[N+](=O)[O-]. The van der Waals surface area contributed by atoms with E-state index in [0.717, 1.165) is 6.20 Å². The van der Waals surface area contributed by atoms with Crippen LogP contribution >= 0.6 is 0 Å². The number of ether oxygens (including phenoxy) is 1. The third-order valence-electron chi connectivity index (χ3n) is 3.54. The Morgan fingerprint density at radius 3 is 2.70 bits per heavy atom. The van der Waals surface area contributed by atoms with Crippen molar-refractivity contribution in [2.24, 2.45) is 0 Å². The van der Waals surface area contributed by atoms with Crippen LogP contribution in [0.15, 0.2) is 42.7 Å². The molecule has 3 aromatic rings. The first-order chi connectivity index (χ1) is 13.0. The molecule has 27 heavy (non-hydrogen) atoms. The maximum absolute atomic E-state index is 12.5. The molecule has 138 valence electrons. The predicted molar refractivity (Wildman–Crippen MR) is 92.7 cm³/mol. The summed E-state index contributed by atoms with van der Waals surface area (Å²) in [6.07, 6.45) is 2.18. The van der Waals surface area contributed by atoms with Gasteiger partial charge in [0, 0.05) is 0 Å². The fraction of sp³-hybridized carbons (Fsp3) is 0.125. The third kappa shape index (κ3) is 3.51. The standard InChI is InChI=1S/C16H14N6O5/c1-2-27-16(24)11-8-18-21(10-6-4-3-5-7-10)14(11)19-15(23)13-12(22(25)26)9-17-20-13/h3-9H,2H2,1H3,(H,17,20)(H,19,23). The molecule has 0 saturated carbocycles. The number of rotatable bonds is 6. The molecule has 0 bridgehead atoms. The quantitative estimate of drug-likeness (QED) is 0.383. The summed E-state index contributed by atoms with van der Waals surface area (Å²) < 4.78 is 6.31. The number of carbonyl (C=O) groups is 2. The highest BCUT2D eigenvalue weighted by Gasteiger charge is 2.27. The molecule has 0 aliphatic rings. The van der Waals surface area contributed by atoms with E-state index in [2.05, 4.69) is 20.6 Å². The molecule has 0 unspecified atom stereocenters. The Kier molecular flexibility index (Phi) is 4.92. The normalized spacial score (nSPS) is 10.4. The Balaban J connectivity index is 2.03. The van der Waals surface area contributed by atoms with Gasteiger partial charge in [0.25, 0.3) is 5.91 Å². The second-order valence-electron chi connectivity index (χ2n) is 5.22. The van der Waals surface area contributed by atoms with Crippen LogP contribution in [0.2, 0.25) is 0 Å². The number of nitrogens with one attached hydrogen (secondary N) is 2. The van der Waals surface area contributed by atoms with Crippen LogP contribution in [0.25, 0.3) is 5.69 Å². The summed E-state index contributed by atoms with van der Waals surface area (Å²) in [7, 11) is 0. The lowest BCUT2D eigenvalue weighted by atomic mass is 10.3. The number of aromatic nitrogens is 4. The lowest BCUT2D eigenvalue weighted by Gasteiger charge is -2.10. The third-order valence-corrected chi connectivity index (χ3v) is 3.54. The highest BCUT2D eigenvalue weighted by Crippen LogP contribution is 2.23. The monoisotopic (exact) mass is 370 g/mol. The van der Waals surface area contributed by atoms with Gasteiger partial charge in [0.1, 0.15) is 11.8 Å². The van der Waals surface area contributed by atoms with Crippen LogP contribution in [0.1, 0.15) is 27.8 Å². The van der Waals surface area contributed by atoms with Gasteiger partial charge < -0.3 is 10.1 Å². The number of esters is 1. The van der Waals surface area contributed by atoms with Gasteiger partial charge in [-0.1, -0.05) is 18.2 Å². The van der Waals surface area contributed by atoms with Crippen molar-refractivity contribution in [1.82, 2.24) is 20.0 Å². The van der Waals surface area contributed by atoms with Crippen LogP contribution in [0.3, 0.4) is 0 Å². The molecule has 0 atom stereocenters. The minimum absolute atomic E-state index is 0.0104. The van der Waals surface area contributed by atoms with E-state index in [9.17, 15) is 19.7 Å². The van der Waals surface area contributed by atoms with Gasteiger partial charge in [0.15, 0.2) is 5.82 Å². The number of nitrogens with zero attached hydrogens (tertiary/aromatic N) is 4. The molecule has 2 N–H and O–H groups in total. The van der Waals surface area contributed by atoms with Gasteiger partial charge in [-0.3, -0.25) is 20.0 Å². The van der Waals surface area contributed by atoms with Gasteiger partial charge in [-0.25, -0.2) is 9.48 Å². The van der Waals surface area contributed by atoms with E-state index in [0.29, 0.717) is 5.69 Å². The highest BCUT2D eigenvalue weighted by molar-refractivity contribution is 6.08. The molecule has 3 rings (SSSR count). The van der Waals surface area contributed by atoms with Gasteiger partial charge in [0.05, 0.1) is 23.4 Å². The van der Waals surface area contributed by atoms with E-state index < -0.39 is 22.5 Å². The van der Waals surface area contributed by atoms with E-state index in [1.165, 1.54) is 10.9 Å². The van der Waals surface area contributed by atoms with Crippen LogP contribution in [0, 0.1) is 10.1 Å². The van der Waals surface area contributed by atoms with Crippen LogP contribution in [-0.4, -0.2) is 43.4 Å². The molecule has 2 heterocycles. The van der Waals surface area contributed by atoms with Crippen LogP contribution in [0.5, 0.6) is 0 Å². The summed E-state index contributed by atoms with van der Waals surface area (Å²) in [6, 6.07) is 8.75. The van der Waals surface area contributed by atoms with Gasteiger partial charge in [0.2, 0.25) is 5.69 Å². The minimum atomic E-state index is -0.845. The lowest BCUT2D eigenvalue weighted by Crippen LogP contribution is -2.19. The molecule has 0 aliphatic carbocycles. The summed E-state index contributed by atoms with van der Waals surface area (Å²) in [6.45, 7) is 1.78. The number of nitro groups is 1. The number of aromatic amines is 1. The summed E-state index contributed by atoms with van der Waals surface area (Å²) in [4.78, 5) is 35.0. The predicted octanol–water partition coefficient (Wildman–Crippen LogP) is 1.93. The zero-order chi connectivity index (χ0) is 19.4. The van der Waals surface area contributed by atoms with Crippen molar-refractivity contribution in [3.05, 3.63) is 64.1 Å². The Morgan fingerprint density at radius 2 is 2.04 bits per heavy atom. The van der Waals surface area contributed by atoms with E-state index in [1.54, 1.807) is 37.3 Å². The van der Waals surface area contributed by atoms with Crippen molar-refractivity contribution in [2.75, 3.05) is 11.9 Å². The summed E-state index contributed by atoms with van der Waals surface area (Å²) in [5.74, 6) is -1.51. The smallest absolute Gasteiger partial charge is 0.343 e. The highest BCUT2D eigenvalue weighted by atomic mass is 16.6. The fourth-order valence-corrected chi connectivity index (χ4v) is 2.35. The molecule has 0 radical (unpaired) electrons. The van der Waals surface area contributed by atoms with Crippen molar-refractivity contribution >= 4 is 23.4 Å². The van der Waals surface area contributed by atoms with Crippen LogP contribution < -0.4 is 5.32 Å². The van der Waals surface area contributed by atoms with Crippen LogP contribution in [0.4, 0.5) is 11.5 Å². The Morgan fingerprint density at radius 1 is 1.30 bits per heavy atom. The molecular formula is C16H14N6O5. The van der Waals surface area contributed by atoms with E-state index in [-0.39, 0.29) is 23.7 Å². The maximum Gasteiger partial charge on any atom is 0.343 e. The van der Waals surface area contributed by atoms with Gasteiger partial charge in [-0.05, 0) is 19.1 Å².